The molecule has 1 saturated heterocycles. The number of carbonyl (C=O) groups is 1. The summed E-state index contributed by atoms with van der Waals surface area (Å²) in [7, 11) is 0. The second kappa shape index (κ2) is 6.30. The zero-order chi connectivity index (χ0) is 18.3. The lowest BCUT2D eigenvalue weighted by atomic mass is 10.1. The van der Waals surface area contributed by atoms with Crippen LogP contribution in [0, 0.1) is 5.92 Å². The van der Waals surface area contributed by atoms with Crippen LogP contribution in [0.15, 0.2) is 42.6 Å². The molecule has 2 aliphatic rings. The third kappa shape index (κ3) is 3.02. The van der Waals surface area contributed by atoms with Gasteiger partial charge in [0.2, 0.25) is 5.91 Å². The minimum absolute atomic E-state index is 0.0579. The van der Waals surface area contributed by atoms with Crippen LogP contribution < -0.4 is 9.80 Å². The van der Waals surface area contributed by atoms with Crippen LogP contribution in [0.4, 0.5) is 24.5 Å². The zero-order valence-electron chi connectivity index (χ0n) is 14.0. The summed E-state index contributed by atoms with van der Waals surface area (Å²) in [6.45, 7) is 1.66. The highest BCUT2D eigenvalue weighted by Crippen LogP contribution is 2.34. The Morgan fingerprint density at radius 3 is 2.77 bits per heavy atom. The minimum atomic E-state index is -4.47. The second-order valence-corrected chi connectivity index (χ2v) is 6.70. The van der Waals surface area contributed by atoms with Gasteiger partial charge in [0.25, 0.3) is 0 Å². The summed E-state index contributed by atoms with van der Waals surface area (Å²) in [5.41, 5.74) is 1.68. The number of hydrogen-bond donors (Lipinski definition) is 0. The number of carbonyl (C=O) groups excluding carboxylic acids is 1. The Hall–Kier alpha value is -2.57. The molecule has 1 aromatic heterocycles. The Kier molecular flexibility index (Phi) is 4.09. The highest BCUT2D eigenvalue weighted by atomic mass is 19.4. The lowest BCUT2D eigenvalue weighted by Crippen LogP contribution is -2.36. The lowest BCUT2D eigenvalue weighted by Gasteiger charge is -2.23. The predicted molar refractivity (Wildman–Crippen MR) is 92.1 cm³/mol. The third-order valence-electron chi connectivity index (χ3n) is 5.09. The van der Waals surface area contributed by atoms with Crippen LogP contribution in [0.3, 0.4) is 0 Å². The monoisotopic (exact) mass is 361 g/mol. The van der Waals surface area contributed by atoms with Crippen molar-refractivity contribution in [1.29, 1.82) is 0 Å². The number of hydrogen-bond acceptors (Lipinski definition) is 3. The molecule has 1 fully saturated rings. The molecular formula is C19H18F3N3O. The number of pyridine rings is 1. The summed E-state index contributed by atoms with van der Waals surface area (Å²) in [5.74, 6) is -0.147. The van der Waals surface area contributed by atoms with Crippen LogP contribution in [0.1, 0.15) is 17.7 Å². The van der Waals surface area contributed by atoms with Gasteiger partial charge in [-0.05, 0) is 36.6 Å². The van der Waals surface area contributed by atoms with E-state index in [2.05, 4.69) is 4.98 Å². The Balaban J connectivity index is 1.49. The zero-order valence-corrected chi connectivity index (χ0v) is 14.0. The number of benzene rings is 1. The fraction of sp³-hybridized carbons (Fsp3) is 0.368. The van der Waals surface area contributed by atoms with Crippen molar-refractivity contribution in [3.8, 4) is 0 Å². The van der Waals surface area contributed by atoms with E-state index in [9.17, 15) is 18.0 Å². The first-order chi connectivity index (χ1) is 12.4. The molecule has 0 N–H and O–H groups in total. The Morgan fingerprint density at radius 2 is 1.96 bits per heavy atom. The number of halogens is 3. The molecule has 2 aliphatic heterocycles. The molecule has 1 atom stereocenters. The molecule has 4 rings (SSSR count). The first kappa shape index (κ1) is 16.9. The van der Waals surface area contributed by atoms with E-state index in [1.807, 2.05) is 34.1 Å². The van der Waals surface area contributed by atoms with Crippen molar-refractivity contribution >= 4 is 17.3 Å². The minimum Gasteiger partial charge on any atom is -0.371 e. The van der Waals surface area contributed by atoms with Crippen LogP contribution in [0.25, 0.3) is 0 Å². The molecular weight excluding hydrogens is 343 g/mol. The van der Waals surface area contributed by atoms with Crippen molar-refractivity contribution < 1.29 is 18.0 Å². The standard InChI is InChI=1S/C19H18F3N3O/c20-19(21,22)17-11-15(5-8-23-17)24-9-6-14(12-24)18(26)25-10-7-13-3-1-2-4-16(13)25/h1-5,8,11,14H,6-7,9-10,12H2. The summed E-state index contributed by atoms with van der Waals surface area (Å²) >= 11 is 0. The van der Waals surface area contributed by atoms with E-state index in [0.717, 1.165) is 18.2 Å². The molecule has 1 amide bonds. The number of para-hydroxylation sites is 1. The quantitative estimate of drug-likeness (QED) is 0.821. The molecule has 1 unspecified atom stereocenters. The van der Waals surface area contributed by atoms with E-state index >= 15 is 0 Å². The summed E-state index contributed by atoms with van der Waals surface area (Å²) in [5, 5.41) is 0. The number of anilines is 2. The molecule has 4 nitrogen and oxygen atoms in total. The Labute approximate surface area is 149 Å². The number of fused-ring (bicyclic) bond motifs is 1. The van der Waals surface area contributed by atoms with E-state index in [0.29, 0.717) is 31.7 Å². The molecule has 7 heteroatoms. The van der Waals surface area contributed by atoms with Gasteiger partial charge in [0, 0.05) is 37.2 Å². The topological polar surface area (TPSA) is 36.4 Å². The van der Waals surface area contributed by atoms with Crippen molar-refractivity contribution in [2.24, 2.45) is 5.92 Å². The molecule has 0 saturated carbocycles. The van der Waals surface area contributed by atoms with Crippen LogP contribution >= 0.6 is 0 Å². The van der Waals surface area contributed by atoms with Crippen LogP contribution in [-0.2, 0) is 17.4 Å². The van der Waals surface area contributed by atoms with Gasteiger partial charge in [0.1, 0.15) is 5.69 Å². The van der Waals surface area contributed by atoms with Crippen molar-refractivity contribution in [2.45, 2.75) is 19.0 Å². The summed E-state index contributed by atoms with van der Waals surface area (Å²) in [4.78, 5) is 20.0. The molecule has 0 aliphatic carbocycles. The molecule has 0 radical (unpaired) electrons. The van der Waals surface area contributed by atoms with Crippen molar-refractivity contribution in [3.05, 3.63) is 53.9 Å². The van der Waals surface area contributed by atoms with Crippen molar-refractivity contribution in [3.63, 3.8) is 0 Å². The smallest absolute Gasteiger partial charge is 0.371 e. The van der Waals surface area contributed by atoms with E-state index in [4.69, 9.17) is 0 Å². The summed E-state index contributed by atoms with van der Waals surface area (Å²) < 4.78 is 38.6. The maximum atomic E-state index is 12.9. The molecule has 1 aromatic carbocycles. The average Bonchev–Trinajstić information content (AvgIpc) is 3.28. The highest BCUT2D eigenvalue weighted by molar-refractivity contribution is 5.97. The Bertz CT molecular complexity index is 837. The third-order valence-corrected chi connectivity index (χ3v) is 5.09. The fourth-order valence-corrected chi connectivity index (χ4v) is 3.76. The molecule has 3 heterocycles. The number of amides is 1. The van der Waals surface area contributed by atoms with Crippen LogP contribution in [0.2, 0.25) is 0 Å². The lowest BCUT2D eigenvalue weighted by molar-refractivity contribution is -0.141. The SMILES string of the molecule is O=C(C1CCN(c2ccnc(C(F)(F)F)c2)C1)N1CCc2ccccc21. The normalized spacial score (nSPS) is 19.7. The van der Waals surface area contributed by atoms with Gasteiger partial charge in [-0.15, -0.1) is 0 Å². The number of aromatic nitrogens is 1. The van der Waals surface area contributed by atoms with Crippen LogP contribution in [0.5, 0.6) is 0 Å². The van der Waals surface area contributed by atoms with E-state index in [-0.39, 0.29) is 11.8 Å². The van der Waals surface area contributed by atoms with Gasteiger partial charge in [-0.1, -0.05) is 18.2 Å². The average molecular weight is 361 g/mol. The van der Waals surface area contributed by atoms with E-state index in [1.54, 1.807) is 6.07 Å². The largest absolute Gasteiger partial charge is 0.433 e. The van der Waals surface area contributed by atoms with Gasteiger partial charge in [-0.25, -0.2) is 0 Å². The van der Waals surface area contributed by atoms with Gasteiger partial charge in [0.15, 0.2) is 0 Å². The Morgan fingerprint density at radius 1 is 1.15 bits per heavy atom. The fourth-order valence-electron chi connectivity index (χ4n) is 3.76. The number of nitrogens with zero attached hydrogens (tertiary/aromatic N) is 3. The van der Waals surface area contributed by atoms with Gasteiger partial charge in [-0.2, -0.15) is 13.2 Å². The molecule has 136 valence electrons. The molecule has 0 spiro atoms. The van der Waals surface area contributed by atoms with Crippen LogP contribution in [-0.4, -0.2) is 30.5 Å². The molecule has 0 bridgehead atoms. The van der Waals surface area contributed by atoms with Gasteiger partial charge in [0.05, 0.1) is 5.92 Å². The summed E-state index contributed by atoms with van der Waals surface area (Å²) in [6, 6.07) is 10.5. The van der Waals surface area contributed by atoms with Crippen molar-refractivity contribution in [2.75, 3.05) is 29.4 Å². The number of alkyl halides is 3. The van der Waals surface area contributed by atoms with E-state index in [1.165, 1.54) is 11.8 Å². The van der Waals surface area contributed by atoms with Gasteiger partial charge >= 0.3 is 6.18 Å². The number of rotatable bonds is 2. The first-order valence-corrected chi connectivity index (χ1v) is 8.61. The second-order valence-electron chi connectivity index (χ2n) is 6.70. The first-order valence-electron chi connectivity index (χ1n) is 8.61. The maximum absolute atomic E-state index is 12.9. The maximum Gasteiger partial charge on any atom is 0.433 e. The van der Waals surface area contributed by atoms with Gasteiger partial charge < -0.3 is 9.80 Å². The predicted octanol–water partition coefficient (Wildman–Crippen LogP) is 3.52. The molecule has 2 aromatic rings. The van der Waals surface area contributed by atoms with Gasteiger partial charge in [-0.3, -0.25) is 9.78 Å². The van der Waals surface area contributed by atoms with E-state index < -0.39 is 11.9 Å². The summed E-state index contributed by atoms with van der Waals surface area (Å²) in [6.07, 6.45) is -1.81. The highest BCUT2D eigenvalue weighted by Gasteiger charge is 2.36. The van der Waals surface area contributed by atoms with Crippen molar-refractivity contribution in [1.82, 2.24) is 4.98 Å². The molecule has 26 heavy (non-hydrogen) atoms.